The molecule has 0 aromatic heterocycles. The highest BCUT2D eigenvalue weighted by molar-refractivity contribution is 9.09. The van der Waals surface area contributed by atoms with Crippen molar-refractivity contribution in [1.29, 1.82) is 0 Å². The standard InChI is InChI=1S/C15H22BrNO/c16-7-9-2-1-5-17(8-9)15(18)14-12-10-3-4-11(6-10)13(12)14/h9-14H,1-8H2. The summed E-state index contributed by atoms with van der Waals surface area (Å²) in [6.07, 6.45) is 6.77. The highest BCUT2D eigenvalue weighted by Crippen LogP contribution is 2.69. The lowest BCUT2D eigenvalue weighted by Gasteiger charge is -2.32. The predicted molar refractivity (Wildman–Crippen MR) is 74.4 cm³/mol. The third-order valence-corrected chi connectivity index (χ3v) is 6.99. The van der Waals surface area contributed by atoms with Gasteiger partial charge in [-0.25, -0.2) is 0 Å². The van der Waals surface area contributed by atoms with Crippen molar-refractivity contribution in [1.82, 2.24) is 4.90 Å². The second-order valence-electron chi connectivity index (χ2n) is 6.96. The number of carbonyl (C=O) groups excluding carboxylic acids is 1. The number of amides is 1. The maximum Gasteiger partial charge on any atom is 0.226 e. The van der Waals surface area contributed by atoms with Crippen molar-refractivity contribution in [2.75, 3.05) is 18.4 Å². The van der Waals surface area contributed by atoms with Crippen LogP contribution in [0.2, 0.25) is 0 Å². The molecular weight excluding hydrogens is 290 g/mol. The monoisotopic (exact) mass is 311 g/mol. The van der Waals surface area contributed by atoms with Crippen LogP contribution in [0, 0.1) is 35.5 Å². The molecule has 0 N–H and O–H groups in total. The van der Waals surface area contributed by atoms with Gasteiger partial charge >= 0.3 is 0 Å². The summed E-state index contributed by atoms with van der Waals surface area (Å²) in [5.41, 5.74) is 0. The third kappa shape index (κ3) is 1.62. The first kappa shape index (κ1) is 11.7. The average molecular weight is 312 g/mol. The highest BCUT2D eigenvalue weighted by atomic mass is 79.9. The second-order valence-corrected chi connectivity index (χ2v) is 7.61. The lowest BCUT2D eigenvalue weighted by molar-refractivity contribution is -0.135. The van der Waals surface area contributed by atoms with Gasteiger partial charge in [0.05, 0.1) is 0 Å². The van der Waals surface area contributed by atoms with Crippen molar-refractivity contribution >= 4 is 21.8 Å². The third-order valence-electron chi connectivity index (χ3n) is 6.07. The van der Waals surface area contributed by atoms with Crippen LogP contribution in [-0.4, -0.2) is 29.2 Å². The predicted octanol–water partition coefficient (Wildman–Crippen LogP) is 2.91. The minimum atomic E-state index is 0.449. The Kier molecular flexibility index (Phi) is 2.76. The van der Waals surface area contributed by atoms with Gasteiger partial charge in [0.1, 0.15) is 0 Å². The van der Waals surface area contributed by atoms with E-state index in [1.54, 1.807) is 0 Å². The molecule has 100 valence electrons. The molecule has 3 aliphatic carbocycles. The fourth-order valence-corrected chi connectivity index (χ4v) is 5.79. The Balaban J connectivity index is 1.42. The number of alkyl halides is 1. The van der Waals surface area contributed by atoms with E-state index in [2.05, 4.69) is 20.8 Å². The molecule has 5 atom stereocenters. The molecule has 1 amide bonds. The molecule has 3 saturated carbocycles. The largest absolute Gasteiger partial charge is 0.342 e. The van der Waals surface area contributed by atoms with Crippen LogP contribution in [0.1, 0.15) is 32.1 Å². The van der Waals surface area contributed by atoms with E-state index in [0.717, 1.165) is 42.1 Å². The van der Waals surface area contributed by atoms with Gasteiger partial charge < -0.3 is 4.90 Å². The second kappa shape index (κ2) is 4.22. The summed E-state index contributed by atoms with van der Waals surface area (Å²) in [5.74, 6) is 5.12. The van der Waals surface area contributed by atoms with Gasteiger partial charge in [-0.2, -0.15) is 0 Å². The topological polar surface area (TPSA) is 20.3 Å². The molecule has 0 aromatic rings. The Labute approximate surface area is 118 Å². The zero-order valence-electron chi connectivity index (χ0n) is 10.9. The van der Waals surface area contributed by atoms with Crippen LogP contribution in [0.5, 0.6) is 0 Å². The van der Waals surface area contributed by atoms with Crippen LogP contribution in [0.15, 0.2) is 0 Å². The number of carbonyl (C=O) groups is 1. The van der Waals surface area contributed by atoms with Crippen molar-refractivity contribution in [3.8, 4) is 0 Å². The molecule has 0 radical (unpaired) electrons. The first-order valence-electron chi connectivity index (χ1n) is 7.64. The Bertz CT molecular complexity index is 356. The van der Waals surface area contributed by atoms with Gasteiger partial charge in [0.15, 0.2) is 0 Å². The number of rotatable bonds is 2. The van der Waals surface area contributed by atoms with E-state index in [-0.39, 0.29) is 0 Å². The fourth-order valence-electron chi connectivity index (χ4n) is 5.26. The van der Waals surface area contributed by atoms with E-state index >= 15 is 0 Å². The van der Waals surface area contributed by atoms with Crippen LogP contribution in [0.25, 0.3) is 0 Å². The molecule has 2 nitrogen and oxygen atoms in total. The molecule has 2 bridgehead atoms. The lowest BCUT2D eigenvalue weighted by atomic mass is 9.97. The first-order valence-corrected chi connectivity index (χ1v) is 8.76. The van der Waals surface area contributed by atoms with Gasteiger partial charge in [-0.1, -0.05) is 15.9 Å². The minimum Gasteiger partial charge on any atom is -0.342 e. The zero-order chi connectivity index (χ0) is 12.3. The van der Waals surface area contributed by atoms with Crippen molar-refractivity contribution in [3.05, 3.63) is 0 Å². The van der Waals surface area contributed by atoms with E-state index in [1.807, 2.05) is 0 Å². The van der Waals surface area contributed by atoms with Gasteiger partial charge in [-0.15, -0.1) is 0 Å². The van der Waals surface area contributed by atoms with Crippen LogP contribution in [0.3, 0.4) is 0 Å². The number of nitrogens with zero attached hydrogens (tertiary/aromatic N) is 1. The van der Waals surface area contributed by atoms with Crippen LogP contribution in [-0.2, 0) is 4.79 Å². The Morgan fingerprint density at radius 3 is 2.56 bits per heavy atom. The van der Waals surface area contributed by atoms with Crippen molar-refractivity contribution < 1.29 is 4.79 Å². The SMILES string of the molecule is O=C(C1C2C3CCC(C3)C12)N1CCCC(CBr)C1. The van der Waals surface area contributed by atoms with E-state index in [4.69, 9.17) is 0 Å². The van der Waals surface area contributed by atoms with Gasteiger partial charge in [-0.3, -0.25) is 4.79 Å². The number of hydrogen-bond acceptors (Lipinski definition) is 1. The Hall–Kier alpha value is -0.0500. The van der Waals surface area contributed by atoms with Gasteiger partial charge in [0.2, 0.25) is 5.91 Å². The Morgan fingerprint density at radius 2 is 1.89 bits per heavy atom. The maximum atomic E-state index is 12.7. The number of likely N-dealkylation sites (tertiary alicyclic amines) is 1. The Morgan fingerprint density at radius 1 is 1.17 bits per heavy atom. The maximum absolute atomic E-state index is 12.7. The minimum absolute atomic E-state index is 0.449. The molecule has 4 fully saturated rings. The van der Waals surface area contributed by atoms with Crippen LogP contribution in [0.4, 0.5) is 0 Å². The van der Waals surface area contributed by atoms with E-state index < -0.39 is 0 Å². The first-order chi connectivity index (χ1) is 8.79. The number of hydrogen-bond donors (Lipinski definition) is 0. The number of halogens is 1. The van der Waals surface area contributed by atoms with Gasteiger partial charge in [0.25, 0.3) is 0 Å². The van der Waals surface area contributed by atoms with Crippen molar-refractivity contribution in [2.24, 2.45) is 35.5 Å². The molecule has 3 heteroatoms. The van der Waals surface area contributed by atoms with Gasteiger partial charge in [0, 0.05) is 24.3 Å². The van der Waals surface area contributed by atoms with Crippen molar-refractivity contribution in [3.63, 3.8) is 0 Å². The summed E-state index contributed by atoms with van der Waals surface area (Å²) in [6, 6.07) is 0. The molecule has 18 heavy (non-hydrogen) atoms. The summed E-state index contributed by atoms with van der Waals surface area (Å²) in [5, 5.41) is 1.06. The molecular formula is C15H22BrNO. The summed E-state index contributed by atoms with van der Waals surface area (Å²) in [4.78, 5) is 14.9. The normalized spacial score (nSPS) is 49.3. The average Bonchev–Trinajstić information content (AvgIpc) is 2.85. The number of piperidine rings is 1. The molecule has 1 saturated heterocycles. The van der Waals surface area contributed by atoms with E-state index in [0.29, 0.717) is 17.7 Å². The molecule has 0 spiro atoms. The lowest BCUT2D eigenvalue weighted by Crippen LogP contribution is -2.42. The van der Waals surface area contributed by atoms with Crippen LogP contribution >= 0.6 is 15.9 Å². The van der Waals surface area contributed by atoms with E-state index in [9.17, 15) is 4.79 Å². The molecule has 4 aliphatic rings. The molecule has 1 aliphatic heterocycles. The van der Waals surface area contributed by atoms with Gasteiger partial charge in [-0.05, 0) is 61.7 Å². The summed E-state index contributed by atoms with van der Waals surface area (Å²) < 4.78 is 0. The molecule has 0 aromatic carbocycles. The smallest absolute Gasteiger partial charge is 0.226 e. The quantitative estimate of drug-likeness (QED) is 0.718. The van der Waals surface area contributed by atoms with E-state index in [1.165, 1.54) is 32.1 Å². The summed E-state index contributed by atoms with van der Waals surface area (Å²) in [6.45, 7) is 2.03. The molecule has 5 unspecified atom stereocenters. The fraction of sp³-hybridized carbons (Fsp3) is 0.933. The molecule has 4 rings (SSSR count). The zero-order valence-corrected chi connectivity index (χ0v) is 12.4. The highest BCUT2D eigenvalue weighted by Gasteiger charge is 2.67. The summed E-state index contributed by atoms with van der Waals surface area (Å²) >= 11 is 3.58. The van der Waals surface area contributed by atoms with Crippen LogP contribution < -0.4 is 0 Å². The van der Waals surface area contributed by atoms with Crippen molar-refractivity contribution in [2.45, 2.75) is 32.1 Å². The number of fused-ring (bicyclic) bond motifs is 5. The summed E-state index contributed by atoms with van der Waals surface area (Å²) in [7, 11) is 0. The molecule has 1 heterocycles.